The van der Waals surface area contributed by atoms with Gasteiger partial charge in [0.15, 0.2) is 0 Å². The van der Waals surface area contributed by atoms with Crippen LogP contribution in [0.5, 0.6) is 0 Å². The molecular formula is C15H23N3S. The molecule has 0 unspecified atom stereocenters. The fourth-order valence-electron chi connectivity index (χ4n) is 2.82. The second-order valence-electron chi connectivity index (χ2n) is 5.47. The first-order valence-electron chi connectivity index (χ1n) is 7.12. The average Bonchev–Trinajstić information content (AvgIpc) is 2.68. The van der Waals surface area contributed by atoms with Gasteiger partial charge in [-0.3, -0.25) is 9.88 Å². The van der Waals surface area contributed by atoms with E-state index >= 15 is 0 Å². The maximum absolute atomic E-state index is 5.63. The molecule has 0 atom stereocenters. The average molecular weight is 277 g/mol. The Morgan fingerprint density at radius 2 is 2.05 bits per heavy atom. The number of nitrogens with zero attached hydrogens (tertiary/aromatic N) is 2. The molecule has 0 amide bonds. The summed E-state index contributed by atoms with van der Waals surface area (Å²) in [6.07, 6.45) is 9.96. The van der Waals surface area contributed by atoms with E-state index in [-0.39, 0.29) is 0 Å². The van der Waals surface area contributed by atoms with E-state index in [0.29, 0.717) is 11.0 Å². The zero-order valence-electron chi connectivity index (χ0n) is 11.6. The van der Waals surface area contributed by atoms with Crippen LogP contribution in [-0.2, 0) is 6.54 Å². The maximum atomic E-state index is 5.63. The fraction of sp³-hybridized carbons (Fsp3) is 0.600. The third-order valence-electron chi connectivity index (χ3n) is 3.96. The summed E-state index contributed by atoms with van der Waals surface area (Å²) >= 11 is 4.98. The molecule has 0 aliphatic heterocycles. The topological polar surface area (TPSA) is 42.2 Å². The lowest BCUT2D eigenvalue weighted by atomic mass is 10.1. The highest BCUT2D eigenvalue weighted by Gasteiger charge is 2.17. The summed E-state index contributed by atoms with van der Waals surface area (Å²) in [5.41, 5.74) is 7.60. The van der Waals surface area contributed by atoms with Crippen LogP contribution in [0, 0.1) is 0 Å². The minimum absolute atomic E-state index is 0.374. The minimum atomic E-state index is 0.374. The highest BCUT2D eigenvalue weighted by molar-refractivity contribution is 7.80. The largest absolute Gasteiger partial charge is 0.388 e. The zero-order valence-corrected chi connectivity index (χ0v) is 12.5. The van der Waals surface area contributed by atoms with Gasteiger partial charge in [-0.2, -0.15) is 0 Å². The minimum Gasteiger partial charge on any atom is -0.388 e. The van der Waals surface area contributed by atoms with Crippen molar-refractivity contribution in [1.82, 2.24) is 9.88 Å². The van der Waals surface area contributed by atoms with E-state index in [1.165, 1.54) is 44.1 Å². The van der Waals surface area contributed by atoms with Crippen LogP contribution in [0.2, 0.25) is 0 Å². The molecule has 1 aromatic heterocycles. The van der Waals surface area contributed by atoms with E-state index < -0.39 is 0 Å². The Morgan fingerprint density at radius 1 is 1.37 bits per heavy atom. The lowest BCUT2D eigenvalue weighted by molar-refractivity contribution is 0.213. The van der Waals surface area contributed by atoms with Crippen molar-refractivity contribution in [3.63, 3.8) is 0 Å². The summed E-state index contributed by atoms with van der Waals surface area (Å²) in [4.78, 5) is 7.03. The van der Waals surface area contributed by atoms with Gasteiger partial charge in [0.2, 0.25) is 0 Å². The van der Waals surface area contributed by atoms with Gasteiger partial charge in [-0.1, -0.05) is 37.9 Å². The lowest BCUT2D eigenvalue weighted by Gasteiger charge is -2.27. The molecule has 0 bridgehead atoms. The molecule has 104 valence electrons. The van der Waals surface area contributed by atoms with Crippen LogP contribution in [0.25, 0.3) is 0 Å². The summed E-state index contributed by atoms with van der Waals surface area (Å²) in [5.74, 6) is 0. The second kappa shape index (κ2) is 6.96. The van der Waals surface area contributed by atoms with Crippen LogP contribution < -0.4 is 5.73 Å². The Labute approximate surface area is 121 Å². The molecule has 1 aliphatic rings. The van der Waals surface area contributed by atoms with Gasteiger partial charge in [-0.15, -0.1) is 0 Å². The predicted molar refractivity (Wildman–Crippen MR) is 83.1 cm³/mol. The summed E-state index contributed by atoms with van der Waals surface area (Å²) in [7, 11) is 2.22. The van der Waals surface area contributed by atoms with Crippen molar-refractivity contribution < 1.29 is 0 Å². The Kier molecular flexibility index (Phi) is 5.28. The molecule has 1 fully saturated rings. The quantitative estimate of drug-likeness (QED) is 0.679. The molecule has 2 rings (SSSR count). The Hall–Kier alpha value is -1.00. The van der Waals surface area contributed by atoms with E-state index in [1.54, 1.807) is 6.20 Å². The van der Waals surface area contributed by atoms with Crippen molar-refractivity contribution in [2.75, 3.05) is 7.05 Å². The van der Waals surface area contributed by atoms with E-state index in [2.05, 4.69) is 23.0 Å². The summed E-state index contributed by atoms with van der Waals surface area (Å²) < 4.78 is 0. The molecule has 0 saturated heterocycles. The van der Waals surface area contributed by atoms with Gasteiger partial charge in [0, 0.05) is 18.8 Å². The Bertz CT molecular complexity index is 425. The number of hydrogen-bond acceptors (Lipinski definition) is 3. The van der Waals surface area contributed by atoms with Crippen molar-refractivity contribution in [3.8, 4) is 0 Å². The smallest absolute Gasteiger partial charge is 0.122 e. The summed E-state index contributed by atoms with van der Waals surface area (Å²) in [5, 5.41) is 0. The Balaban J connectivity index is 1.99. The van der Waals surface area contributed by atoms with Crippen LogP contribution in [0.4, 0.5) is 0 Å². The Morgan fingerprint density at radius 3 is 2.68 bits per heavy atom. The molecule has 19 heavy (non-hydrogen) atoms. The van der Waals surface area contributed by atoms with Crippen LogP contribution in [0.3, 0.4) is 0 Å². The van der Waals surface area contributed by atoms with Gasteiger partial charge in [0.05, 0.1) is 5.69 Å². The van der Waals surface area contributed by atoms with Crippen LogP contribution in [-0.4, -0.2) is 28.0 Å². The predicted octanol–water partition coefficient (Wildman–Crippen LogP) is 2.87. The molecule has 2 N–H and O–H groups in total. The highest BCUT2D eigenvalue weighted by atomic mass is 32.1. The SMILES string of the molecule is CN(Cc1ccnc(C(N)=S)c1)C1CCCCCC1. The normalized spacial score (nSPS) is 17.4. The van der Waals surface area contributed by atoms with Gasteiger partial charge in [-0.05, 0) is 37.6 Å². The molecule has 1 aromatic rings. The second-order valence-corrected chi connectivity index (χ2v) is 5.91. The molecule has 1 aliphatic carbocycles. The standard InChI is InChI=1S/C15H23N3S/c1-18(13-6-4-2-3-5-7-13)11-12-8-9-17-14(10-12)15(16)19/h8-10,13H,2-7,11H2,1H3,(H2,16,19). The van der Waals surface area contributed by atoms with Gasteiger partial charge in [0.1, 0.15) is 4.99 Å². The van der Waals surface area contributed by atoms with Crippen LogP contribution in [0.15, 0.2) is 18.3 Å². The molecule has 1 saturated carbocycles. The number of nitrogens with two attached hydrogens (primary N) is 1. The molecule has 0 spiro atoms. The number of hydrogen-bond donors (Lipinski definition) is 1. The van der Waals surface area contributed by atoms with E-state index in [0.717, 1.165) is 12.2 Å². The number of rotatable bonds is 4. The third-order valence-corrected chi connectivity index (χ3v) is 4.17. The molecule has 3 nitrogen and oxygen atoms in total. The van der Waals surface area contributed by atoms with E-state index in [9.17, 15) is 0 Å². The van der Waals surface area contributed by atoms with Gasteiger partial charge < -0.3 is 5.73 Å². The van der Waals surface area contributed by atoms with Gasteiger partial charge in [0.25, 0.3) is 0 Å². The molecule has 0 aromatic carbocycles. The van der Waals surface area contributed by atoms with Crippen molar-refractivity contribution >= 4 is 17.2 Å². The summed E-state index contributed by atoms with van der Waals surface area (Å²) in [6, 6.07) is 4.77. The van der Waals surface area contributed by atoms with Gasteiger partial charge in [-0.25, -0.2) is 0 Å². The molecular weight excluding hydrogens is 254 g/mol. The van der Waals surface area contributed by atoms with Crippen molar-refractivity contribution in [3.05, 3.63) is 29.6 Å². The van der Waals surface area contributed by atoms with Crippen LogP contribution in [0.1, 0.15) is 49.8 Å². The summed E-state index contributed by atoms with van der Waals surface area (Å²) in [6.45, 7) is 0.947. The van der Waals surface area contributed by atoms with Gasteiger partial charge >= 0.3 is 0 Å². The zero-order chi connectivity index (χ0) is 13.7. The van der Waals surface area contributed by atoms with E-state index in [1.807, 2.05) is 6.07 Å². The lowest BCUT2D eigenvalue weighted by Crippen LogP contribution is -2.30. The van der Waals surface area contributed by atoms with Crippen molar-refractivity contribution in [2.45, 2.75) is 51.1 Å². The maximum Gasteiger partial charge on any atom is 0.122 e. The number of thiocarbonyl (C=S) groups is 1. The third kappa shape index (κ3) is 4.25. The van der Waals surface area contributed by atoms with E-state index in [4.69, 9.17) is 18.0 Å². The highest BCUT2D eigenvalue weighted by Crippen LogP contribution is 2.22. The first-order chi connectivity index (χ1) is 9.16. The first-order valence-corrected chi connectivity index (χ1v) is 7.52. The van der Waals surface area contributed by atoms with Crippen molar-refractivity contribution in [2.24, 2.45) is 5.73 Å². The molecule has 4 heteroatoms. The molecule has 0 radical (unpaired) electrons. The number of aromatic nitrogens is 1. The van der Waals surface area contributed by atoms with Crippen molar-refractivity contribution in [1.29, 1.82) is 0 Å². The fourth-order valence-corrected chi connectivity index (χ4v) is 2.93. The first kappa shape index (κ1) is 14.4. The number of pyridine rings is 1. The van der Waals surface area contributed by atoms with Crippen LogP contribution >= 0.6 is 12.2 Å². The monoisotopic (exact) mass is 277 g/mol. The molecule has 1 heterocycles.